The SMILES string of the molecule is Clc1ccccc1SCc1nc(Cl)c2c(n1)CSC2. The number of fused-ring (bicyclic) bond motifs is 1. The second kappa shape index (κ2) is 5.92. The van der Waals surface area contributed by atoms with Crippen molar-refractivity contribution in [1.29, 1.82) is 0 Å². The second-order valence-electron chi connectivity index (χ2n) is 4.07. The number of hydrogen-bond acceptors (Lipinski definition) is 4. The van der Waals surface area contributed by atoms with E-state index >= 15 is 0 Å². The first-order valence-electron chi connectivity index (χ1n) is 5.73. The van der Waals surface area contributed by atoms with E-state index in [9.17, 15) is 0 Å². The molecule has 0 fully saturated rings. The van der Waals surface area contributed by atoms with E-state index in [1.54, 1.807) is 11.8 Å². The van der Waals surface area contributed by atoms with E-state index < -0.39 is 0 Å². The topological polar surface area (TPSA) is 25.8 Å². The third kappa shape index (κ3) is 3.02. The Morgan fingerprint density at radius 1 is 1.16 bits per heavy atom. The largest absolute Gasteiger partial charge is 0.236 e. The minimum Gasteiger partial charge on any atom is -0.236 e. The molecule has 0 spiro atoms. The van der Waals surface area contributed by atoms with Crippen LogP contribution in [-0.4, -0.2) is 9.97 Å². The van der Waals surface area contributed by atoms with Gasteiger partial charge in [0, 0.05) is 22.0 Å². The molecule has 98 valence electrons. The highest BCUT2D eigenvalue weighted by Crippen LogP contribution is 2.34. The van der Waals surface area contributed by atoms with Gasteiger partial charge in [0.1, 0.15) is 11.0 Å². The van der Waals surface area contributed by atoms with Gasteiger partial charge in [0.2, 0.25) is 0 Å². The van der Waals surface area contributed by atoms with Crippen molar-refractivity contribution < 1.29 is 0 Å². The summed E-state index contributed by atoms with van der Waals surface area (Å²) in [6.07, 6.45) is 0. The predicted molar refractivity (Wildman–Crippen MR) is 83.1 cm³/mol. The van der Waals surface area contributed by atoms with Crippen LogP contribution in [0.1, 0.15) is 17.1 Å². The van der Waals surface area contributed by atoms with E-state index in [0.29, 0.717) is 10.9 Å². The number of benzene rings is 1. The van der Waals surface area contributed by atoms with E-state index in [0.717, 1.165) is 38.5 Å². The highest BCUT2D eigenvalue weighted by Gasteiger charge is 2.18. The van der Waals surface area contributed by atoms with Crippen molar-refractivity contribution in [1.82, 2.24) is 9.97 Å². The van der Waals surface area contributed by atoms with Gasteiger partial charge in [-0.25, -0.2) is 9.97 Å². The lowest BCUT2D eigenvalue weighted by atomic mass is 10.3. The molecular formula is C13H10Cl2N2S2. The maximum absolute atomic E-state index is 6.19. The van der Waals surface area contributed by atoms with Gasteiger partial charge in [0.25, 0.3) is 0 Å². The molecule has 0 saturated carbocycles. The molecule has 6 heteroatoms. The normalized spacial score (nSPS) is 13.6. The van der Waals surface area contributed by atoms with E-state index in [2.05, 4.69) is 9.97 Å². The molecule has 2 nitrogen and oxygen atoms in total. The molecule has 0 radical (unpaired) electrons. The monoisotopic (exact) mass is 328 g/mol. The average molecular weight is 329 g/mol. The van der Waals surface area contributed by atoms with E-state index in [-0.39, 0.29) is 0 Å². The van der Waals surface area contributed by atoms with Crippen molar-refractivity contribution in [2.75, 3.05) is 0 Å². The molecule has 19 heavy (non-hydrogen) atoms. The first-order chi connectivity index (χ1) is 9.24. The highest BCUT2D eigenvalue weighted by atomic mass is 35.5. The Balaban J connectivity index is 1.78. The van der Waals surface area contributed by atoms with E-state index in [4.69, 9.17) is 23.2 Å². The van der Waals surface area contributed by atoms with Crippen LogP contribution >= 0.6 is 46.7 Å². The maximum atomic E-state index is 6.19. The molecule has 0 bridgehead atoms. The molecule has 0 saturated heterocycles. The van der Waals surface area contributed by atoms with Gasteiger partial charge in [-0.2, -0.15) is 11.8 Å². The third-order valence-corrected chi connectivity index (χ3v) is 5.56. The van der Waals surface area contributed by atoms with Crippen LogP contribution in [0.5, 0.6) is 0 Å². The molecule has 1 aromatic carbocycles. The Bertz CT molecular complexity index is 620. The van der Waals surface area contributed by atoms with Crippen molar-refractivity contribution in [2.45, 2.75) is 22.2 Å². The minimum absolute atomic E-state index is 0.602. The van der Waals surface area contributed by atoms with Gasteiger partial charge in [-0.1, -0.05) is 35.3 Å². The lowest BCUT2D eigenvalue weighted by Gasteiger charge is -2.06. The Hall–Kier alpha value is -0.420. The molecule has 0 N–H and O–H groups in total. The molecule has 0 atom stereocenters. The predicted octanol–water partition coefficient (Wildman–Crippen LogP) is 4.82. The number of thioether (sulfide) groups is 2. The van der Waals surface area contributed by atoms with Gasteiger partial charge in [-0.15, -0.1) is 11.8 Å². The fourth-order valence-electron chi connectivity index (χ4n) is 1.83. The zero-order valence-corrected chi connectivity index (χ0v) is 13.0. The fraction of sp³-hybridized carbons (Fsp3) is 0.231. The zero-order valence-electron chi connectivity index (χ0n) is 9.90. The minimum atomic E-state index is 0.602. The maximum Gasteiger partial charge on any atom is 0.140 e. The highest BCUT2D eigenvalue weighted by molar-refractivity contribution is 7.98. The van der Waals surface area contributed by atoms with Gasteiger partial charge in [0.05, 0.1) is 16.5 Å². The molecule has 1 aliphatic rings. The van der Waals surface area contributed by atoms with Crippen molar-refractivity contribution in [2.24, 2.45) is 0 Å². The fourth-order valence-corrected chi connectivity index (χ4v) is 4.32. The molecule has 2 heterocycles. The molecule has 0 amide bonds. The van der Waals surface area contributed by atoms with Gasteiger partial charge in [-0.3, -0.25) is 0 Å². The Morgan fingerprint density at radius 3 is 2.84 bits per heavy atom. The molecule has 3 rings (SSSR count). The third-order valence-electron chi connectivity index (χ3n) is 2.77. The molecular weight excluding hydrogens is 319 g/mol. The van der Waals surface area contributed by atoms with Crippen LogP contribution in [0.2, 0.25) is 10.2 Å². The van der Waals surface area contributed by atoms with E-state index in [1.807, 2.05) is 36.0 Å². The van der Waals surface area contributed by atoms with Crippen LogP contribution < -0.4 is 0 Å². The summed E-state index contributed by atoms with van der Waals surface area (Å²) in [5, 5.41) is 1.36. The first kappa shape index (κ1) is 13.6. The van der Waals surface area contributed by atoms with Crippen molar-refractivity contribution >= 4 is 46.7 Å². The van der Waals surface area contributed by atoms with Crippen LogP contribution in [0.4, 0.5) is 0 Å². The van der Waals surface area contributed by atoms with E-state index in [1.165, 1.54) is 0 Å². The smallest absolute Gasteiger partial charge is 0.140 e. The molecule has 0 unspecified atom stereocenters. The molecule has 1 aromatic heterocycles. The van der Waals surface area contributed by atoms with Crippen LogP contribution in [0.25, 0.3) is 0 Å². The van der Waals surface area contributed by atoms with Gasteiger partial charge >= 0.3 is 0 Å². The van der Waals surface area contributed by atoms with Crippen LogP contribution in [0.15, 0.2) is 29.2 Å². The van der Waals surface area contributed by atoms with Crippen LogP contribution in [0.3, 0.4) is 0 Å². The Kier molecular flexibility index (Phi) is 4.22. The number of halogens is 2. The van der Waals surface area contributed by atoms with Crippen molar-refractivity contribution in [3.05, 3.63) is 51.5 Å². The number of nitrogens with zero attached hydrogens (tertiary/aromatic N) is 2. The summed E-state index contributed by atoms with van der Waals surface area (Å²) in [6.45, 7) is 0. The summed E-state index contributed by atoms with van der Waals surface area (Å²) in [4.78, 5) is 9.99. The average Bonchev–Trinajstić information content (AvgIpc) is 2.87. The van der Waals surface area contributed by atoms with Gasteiger partial charge in [-0.05, 0) is 12.1 Å². The zero-order chi connectivity index (χ0) is 13.2. The van der Waals surface area contributed by atoms with Crippen LogP contribution in [0, 0.1) is 0 Å². The molecule has 0 aliphatic carbocycles. The summed E-state index contributed by atoms with van der Waals surface area (Å²) in [7, 11) is 0. The summed E-state index contributed by atoms with van der Waals surface area (Å²) in [5.41, 5.74) is 2.18. The van der Waals surface area contributed by atoms with Crippen molar-refractivity contribution in [3.63, 3.8) is 0 Å². The van der Waals surface area contributed by atoms with Crippen LogP contribution in [-0.2, 0) is 17.3 Å². The Morgan fingerprint density at radius 2 is 2.00 bits per heavy atom. The summed E-state index contributed by atoms with van der Waals surface area (Å²) < 4.78 is 0. The summed E-state index contributed by atoms with van der Waals surface area (Å²) in [5.74, 6) is 3.31. The van der Waals surface area contributed by atoms with Crippen molar-refractivity contribution in [3.8, 4) is 0 Å². The number of hydrogen-bond donors (Lipinski definition) is 0. The molecule has 1 aliphatic heterocycles. The van der Waals surface area contributed by atoms with Gasteiger partial charge in [0.15, 0.2) is 0 Å². The Labute approximate surface area is 130 Å². The number of aromatic nitrogens is 2. The summed E-state index contributed by atoms with van der Waals surface area (Å²) in [6, 6.07) is 7.78. The second-order valence-corrected chi connectivity index (χ2v) is 6.84. The number of rotatable bonds is 3. The summed E-state index contributed by atoms with van der Waals surface area (Å²) >= 11 is 15.8. The quantitative estimate of drug-likeness (QED) is 0.595. The standard InChI is InChI=1S/C13H10Cl2N2S2/c14-9-3-1-2-4-11(9)19-7-12-16-10-6-18-5-8(10)13(15)17-12/h1-4H,5-7H2. The first-order valence-corrected chi connectivity index (χ1v) is 8.63. The lowest BCUT2D eigenvalue weighted by Crippen LogP contribution is -1.99. The lowest BCUT2D eigenvalue weighted by molar-refractivity contribution is 0.974. The molecule has 2 aromatic rings. The van der Waals surface area contributed by atoms with Gasteiger partial charge < -0.3 is 0 Å².